The van der Waals surface area contributed by atoms with Gasteiger partial charge in [0.15, 0.2) is 5.11 Å². The molecule has 0 radical (unpaired) electrons. The van der Waals surface area contributed by atoms with E-state index in [0.29, 0.717) is 23.6 Å². The van der Waals surface area contributed by atoms with Crippen molar-refractivity contribution >= 4 is 38.9 Å². The van der Waals surface area contributed by atoms with Gasteiger partial charge in [0.05, 0.1) is 17.1 Å². The van der Waals surface area contributed by atoms with Crippen LogP contribution in [0.4, 0.5) is 5.69 Å². The lowest BCUT2D eigenvalue weighted by atomic mass is 10.2. The highest BCUT2D eigenvalue weighted by Crippen LogP contribution is 2.20. The Morgan fingerprint density at radius 2 is 1.73 bits per heavy atom. The number of anilines is 1. The maximum Gasteiger partial charge on any atom is 0.261 e. The highest BCUT2D eigenvalue weighted by atomic mass is 32.2. The number of nitrogens with one attached hydrogen (secondary N) is 2. The van der Waals surface area contributed by atoms with Crippen LogP contribution in [0.1, 0.15) is 30.1 Å². The molecule has 0 spiro atoms. The molecule has 2 aromatic rings. The Kier molecular flexibility index (Phi) is 10.2. The summed E-state index contributed by atoms with van der Waals surface area (Å²) >= 11 is 5.25. The van der Waals surface area contributed by atoms with E-state index in [1.54, 1.807) is 36.4 Å². The van der Waals surface area contributed by atoms with Gasteiger partial charge < -0.3 is 10.1 Å². The summed E-state index contributed by atoms with van der Waals surface area (Å²) in [7, 11) is -3.69. The number of carbonyl (C=O) groups is 1. The first kappa shape index (κ1) is 26.2. The van der Waals surface area contributed by atoms with E-state index in [2.05, 4.69) is 30.7 Å². The number of nitrogens with zero attached hydrogens (tertiary/aromatic N) is 1. The lowest BCUT2D eigenvalue weighted by molar-refractivity contribution is 0.0973. The van der Waals surface area contributed by atoms with Gasteiger partial charge in [0.25, 0.3) is 5.91 Å². The van der Waals surface area contributed by atoms with Crippen LogP contribution in [0.25, 0.3) is 0 Å². The zero-order chi connectivity index (χ0) is 24.3. The van der Waals surface area contributed by atoms with Gasteiger partial charge in [-0.3, -0.25) is 10.1 Å². The summed E-state index contributed by atoms with van der Waals surface area (Å²) < 4.78 is 32.5. The van der Waals surface area contributed by atoms with Gasteiger partial charge in [0.2, 0.25) is 10.0 Å². The monoisotopic (exact) mass is 487 g/mol. The van der Waals surface area contributed by atoms with Gasteiger partial charge in [-0.25, -0.2) is 8.42 Å². The lowest BCUT2D eigenvalue weighted by Gasteiger charge is -2.19. The number of hydrogen-bond acceptors (Lipinski definition) is 5. The summed E-state index contributed by atoms with van der Waals surface area (Å²) in [5.74, 6) is 0.0905. The molecule has 0 aromatic heterocycles. The van der Waals surface area contributed by atoms with E-state index in [9.17, 15) is 13.2 Å². The molecule has 0 saturated heterocycles. The van der Waals surface area contributed by atoms with Crippen LogP contribution in [0.2, 0.25) is 0 Å². The van der Waals surface area contributed by atoms with Crippen LogP contribution >= 0.6 is 12.2 Å². The molecule has 0 bridgehead atoms. The fourth-order valence-electron chi connectivity index (χ4n) is 2.86. The molecule has 0 aliphatic carbocycles. The average molecular weight is 488 g/mol. The van der Waals surface area contributed by atoms with Crippen LogP contribution in [0.3, 0.4) is 0 Å². The average Bonchev–Trinajstić information content (AvgIpc) is 2.79. The molecule has 0 aliphatic heterocycles. The Morgan fingerprint density at radius 3 is 2.33 bits per heavy atom. The predicted octanol–water partition coefficient (Wildman–Crippen LogP) is 4.36. The van der Waals surface area contributed by atoms with Crippen molar-refractivity contribution in [2.75, 3.05) is 25.0 Å². The second-order valence-corrected chi connectivity index (χ2v) is 9.38. The number of amides is 1. The summed E-state index contributed by atoms with van der Waals surface area (Å²) in [6.07, 6.45) is 4.92. The molecule has 0 heterocycles. The van der Waals surface area contributed by atoms with E-state index in [1.165, 1.54) is 28.6 Å². The zero-order valence-corrected chi connectivity index (χ0v) is 20.3. The highest BCUT2D eigenvalue weighted by Gasteiger charge is 2.22. The van der Waals surface area contributed by atoms with E-state index >= 15 is 0 Å². The molecule has 0 unspecified atom stereocenters. The van der Waals surface area contributed by atoms with Crippen LogP contribution in [0, 0.1) is 0 Å². The van der Waals surface area contributed by atoms with Crippen LogP contribution in [0.15, 0.2) is 78.7 Å². The van der Waals surface area contributed by atoms with Crippen molar-refractivity contribution in [3.63, 3.8) is 0 Å². The van der Waals surface area contributed by atoms with Crippen LogP contribution < -0.4 is 15.4 Å². The van der Waals surface area contributed by atoms with E-state index in [4.69, 9.17) is 17.0 Å². The number of hydrogen-bond donors (Lipinski definition) is 2. The number of sulfonamides is 1. The second-order valence-electron chi connectivity index (χ2n) is 7.03. The predicted molar refractivity (Wildman–Crippen MR) is 136 cm³/mol. The zero-order valence-electron chi connectivity index (χ0n) is 18.6. The van der Waals surface area contributed by atoms with Crippen LogP contribution in [-0.2, 0) is 10.0 Å². The maximum atomic E-state index is 12.8. The second kappa shape index (κ2) is 12.9. The van der Waals surface area contributed by atoms with E-state index in [0.717, 1.165) is 12.8 Å². The van der Waals surface area contributed by atoms with Gasteiger partial charge in [-0.1, -0.05) is 37.6 Å². The maximum absolute atomic E-state index is 12.8. The van der Waals surface area contributed by atoms with Gasteiger partial charge in [-0.2, -0.15) is 4.31 Å². The van der Waals surface area contributed by atoms with E-state index in [1.807, 2.05) is 0 Å². The Morgan fingerprint density at radius 1 is 1.09 bits per heavy atom. The number of rotatable bonds is 12. The molecule has 1 amide bonds. The summed E-state index contributed by atoms with van der Waals surface area (Å²) in [5, 5.41) is 5.60. The SMILES string of the molecule is C=CCN(CC=C)S(=O)(=O)c1ccc(NC(=S)NC(=O)c2ccccc2OCCCC)cc1. The molecule has 2 aromatic carbocycles. The Balaban J connectivity index is 2.05. The molecule has 2 rings (SSSR count). The number of carbonyl (C=O) groups excluding carboxylic acids is 1. The Bertz CT molecular complexity index is 1070. The molecule has 176 valence electrons. The number of thiocarbonyl (C=S) groups is 1. The smallest absolute Gasteiger partial charge is 0.261 e. The van der Waals surface area contributed by atoms with Crippen molar-refractivity contribution in [2.24, 2.45) is 0 Å². The van der Waals surface area contributed by atoms with Gasteiger partial charge in [-0.05, 0) is 55.0 Å². The standard InChI is InChI=1S/C24H29N3O4S2/c1-4-7-18-31-22-11-9-8-10-21(22)23(28)26-24(32)25-19-12-14-20(15-13-19)33(29,30)27(16-5-2)17-6-3/h5-6,8-15H,2-4,7,16-18H2,1H3,(H2,25,26,28,32). The third-order valence-electron chi connectivity index (χ3n) is 4.53. The molecule has 0 aliphatic rings. The van der Waals surface area contributed by atoms with Gasteiger partial charge in [-0.15, -0.1) is 13.2 Å². The van der Waals surface area contributed by atoms with Gasteiger partial charge in [0, 0.05) is 18.8 Å². The summed E-state index contributed by atoms with van der Waals surface area (Å²) in [6, 6.07) is 13.0. The van der Waals surface area contributed by atoms with Gasteiger partial charge in [0.1, 0.15) is 5.75 Å². The molecule has 33 heavy (non-hydrogen) atoms. The summed E-state index contributed by atoms with van der Waals surface area (Å²) in [5.41, 5.74) is 0.912. The summed E-state index contributed by atoms with van der Waals surface area (Å²) in [4.78, 5) is 12.8. The minimum Gasteiger partial charge on any atom is -0.493 e. The van der Waals surface area contributed by atoms with Gasteiger partial charge >= 0.3 is 0 Å². The molecule has 0 saturated carbocycles. The first-order valence-corrected chi connectivity index (χ1v) is 12.3. The molecular formula is C24H29N3O4S2. The first-order valence-electron chi connectivity index (χ1n) is 10.5. The Labute approximate surface area is 201 Å². The number of ether oxygens (including phenoxy) is 1. The molecule has 9 heteroatoms. The molecule has 0 atom stereocenters. The van der Waals surface area contributed by atoms with Crippen LogP contribution in [0.5, 0.6) is 5.75 Å². The van der Waals surface area contributed by atoms with Crippen LogP contribution in [-0.4, -0.2) is 43.4 Å². The topological polar surface area (TPSA) is 87.7 Å². The minimum atomic E-state index is -3.69. The number of unbranched alkanes of at least 4 members (excludes halogenated alkanes) is 1. The molecular weight excluding hydrogens is 458 g/mol. The lowest BCUT2D eigenvalue weighted by Crippen LogP contribution is -2.34. The van der Waals surface area contributed by atoms with Crippen molar-refractivity contribution in [3.8, 4) is 5.75 Å². The number of benzene rings is 2. The largest absolute Gasteiger partial charge is 0.493 e. The molecule has 7 nitrogen and oxygen atoms in total. The third kappa shape index (κ3) is 7.52. The third-order valence-corrected chi connectivity index (χ3v) is 6.58. The fraction of sp³-hybridized carbons (Fsp3) is 0.250. The Hall–Kier alpha value is -3.01. The van der Waals surface area contributed by atoms with Crippen molar-refractivity contribution in [2.45, 2.75) is 24.7 Å². The van der Waals surface area contributed by atoms with E-state index < -0.39 is 15.9 Å². The minimum absolute atomic E-state index is 0.0823. The number of para-hydroxylation sites is 1. The van der Waals surface area contributed by atoms with Crippen molar-refractivity contribution in [3.05, 3.63) is 79.4 Å². The van der Waals surface area contributed by atoms with Crippen molar-refractivity contribution < 1.29 is 17.9 Å². The normalized spacial score (nSPS) is 11.0. The quantitative estimate of drug-likeness (QED) is 0.263. The van der Waals surface area contributed by atoms with E-state index in [-0.39, 0.29) is 23.1 Å². The highest BCUT2D eigenvalue weighted by molar-refractivity contribution is 7.89. The first-order chi connectivity index (χ1) is 15.8. The molecule has 2 N–H and O–H groups in total. The molecule has 0 fully saturated rings. The van der Waals surface area contributed by atoms with Crippen molar-refractivity contribution in [1.29, 1.82) is 0 Å². The fourth-order valence-corrected chi connectivity index (χ4v) is 4.45. The van der Waals surface area contributed by atoms with Crippen molar-refractivity contribution in [1.82, 2.24) is 9.62 Å². The summed E-state index contributed by atoms with van der Waals surface area (Å²) in [6.45, 7) is 10.1.